The van der Waals surface area contributed by atoms with Crippen molar-refractivity contribution >= 4 is 23.2 Å². The van der Waals surface area contributed by atoms with Gasteiger partial charge in [0, 0.05) is 34.1 Å². The summed E-state index contributed by atoms with van der Waals surface area (Å²) < 4.78 is 12.8. The summed E-state index contributed by atoms with van der Waals surface area (Å²) in [6.07, 6.45) is 7.14. The Kier molecular flexibility index (Phi) is 10.4. The molecule has 4 aromatic rings. The summed E-state index contributed by atoms with van der Waals surface area (Å²) in [5.74, 6) is 3.15. The second kappa shape index (κ2) is 14.4. The monoisotopic (exact) mass is 619 g/mol. The Bertz CT molecular complexity index is 1640. The van der Waals surface area contributed by atoms with E-state index in [-0.39, 0.29) is 12.0 Å². The molecule has 3 aromatic carbocycles. The molecule has 1 aromatic heterocycles. The van der Waals surface area contributed by atoms with Crippen molar-refractivity contribution in [2.45, 2.75) is 92.1 Å². The van der Waals surface area contributed by atoms with E-state index in [9.17, 15) is 4.79 Å². The Labute approximate surface area is 274 Å². The fraction of sp³-hybridized carbons (Fsp3) is 0.400. The lowest BCUT2D eigenvalue weighted by atomic mass is 9.86. The van der Waals surface area contributed by atoms with Crippen LogP contribution in [0.15, 0.2) is 72.9 Å². The van der Waals surface area contributed by atoms with Gasteiger partial charge in [0.25, 0.3) is 0 Å². The SMILES string of the molecule is Cc1cnc(C2=Cc3cc(OCCCC(C)(C)C(=O)Nc4c(C(C)C)cccc4C(C)C)ccc3OC2CCc2ccccc2)[nH]1. The minimum atomic E-state index is -0.543. The van der Waals surface area contributed by atoms with Gasteiger partial charge < -0.3 is 19.8 Å². The molecular weight excluding hydrogens is 570 g/mol. The highest BCUT2D eigenvalue weighted by molar-refractivity contribution is 5.96. The molecule has 0 saturated heterocycles. The van der Waals surface area contributed by atoms with E-state index in [1.807, 2.05) is 51.2 Å². The molecule has 6 nitrogen and oxygen atoms in total. The van der Waals surface area contributed by atoms with E-state index >= 15 is 0 Å². The zero-order chi connectivity index (χ0) is 32.8. The number of fused-ring (bicyclic) bond motifs is 1. The van der Waals surface area contributed by atoms with Gasteiger partial charge in [0.05, 0.1) is 6.61 Å². The summed E-state index contributed by atoms with van der Waals surface area (Å²) in [5.41, 5.74) is 7.10. The number of hydrogen-bond acceptors (Lipinski definition) is 4. The molecule has 1 amide bonds. The third-order valence-corrected chi connectivity index (χ3v) is 8.86. The number of aromatic amines is 1. The summed E-state index contributed by atoms with van der Waals surface area (Å²) in [6.45, 7) is 15.2. The number of carbonyl (C=O) groups excluding carboxylic acids is 1. The second-order valence-electron chi connectivity index (χ2n) is 13.8. The van der Waals surface area contributed by atoms with Crippen molar-refractivity contribution in [2.24, 2.45) is 5.41 Å². The van der Waals surface area contributed by atoms with E-state index in [0.717, 1.165) is 59.1 Å². The number of aryl methyl sites for hydroxylation is 2. The zero-order valence-electron chi connectivity index (χ0n) is 28.4. The number of H-pyrrole nitrogens is 1. The maximum Gasteiger partial charge on any atom is 0.230 e. The van der Waals surface area contributed by atoms with E-state index in [1.165, 1.54) is 16.7 Å². The normalized spacial score (nSPS) is 14.5. The predicted octanol–water partition coefficient (Wildman–Crippen LogP) is 9.72. The highest BCUT2D eigenvalue weighted by Crippen LogP contribution is 2.38. The number of aromatic nitrogens is 2. The van der Waals surface area contributed by atoms with Crippen molar-refractivity contribution in [3.05, 3.63) is 107 Å². The van der Waals surface area contributed by atoms with Crippen LogP contribution in [-0.4, -0.2) is 28.6 Å². The molecule has 2 heterocycles. The Hall–Kier alpha value is -4.32. The van der Waals surface area contributed by atoms with Crippen LogP contribution in [0.4, 0.5) is 5.69 Å². The van der Waals surface area contributed by atoms with E-state index in [0.29, 0.717) is 24.9 Å². The molecule has 5 rings (SSSR count). The maximum absolute atomic E-state index is 13.5. The highest BCUT2D eigenvalue weighted by atomic mass is 16.5. The molecular formula is C40H49N3O3. The number of rotatable bonds is 13. The largest absolute Gasteiger partial charge is 0.494 e. The van der Waals surface area contributed by atoms with Gasteiger partial charge in [0.1, 0.15) is 23.4 Å². The quantitative estimate of drug-likeness (QED) is 0.146. The molecule has 0 radical (unpaired) electrons. The number of para-hydroxylation sites is 1. The Morgan fingerprint density at radius 2 is 1.72 bits per heavy atom. The lowest BCUT2D eigenvalue weighted by molar-refractivity contribution is -0.124. The first-order valence-electron chi connectivity index (χ1n) is 16.7. The number of benzene rings is 3. The standard InChI is InChI=1S/C40H49N3O3/c1-26(2)32-15-11-16-33(27(3)4)37(32)43-39(44)40(6,7)21-12-22-45-31-18-20-35-30(23-31)24-34(38-41-25-28(5)42-38)36(46-35)19-17-29-13-9-8-10-14-29/h8-11,13-16,18,20,23-27,36H,12,17,19,21-22H2,1-7H3,(H,41,42)(H,43,44). The number of anilines is 1. The number of imidazole rings is 1. The first-order valence-corrected chi connectivity index (χ1v) is 16.7. The first-order chi connectivity index (χ1) is 22.0. The molecule has 0 saturated carbocycles. The molecule has 6 heteroatoms. The maximum atomic E-state index is 13.5. The minimum Gasteiger partial charge on any atom is -0.494 e. The number of amides is 1. The highest BCUT2D eigenvalue weighted by Gasteiger charge is 2.29. The van der Waals surface area contributed by atoms with Crippen LogP contribution in [0.1, 0.15) is 106 Å². The number of carbonyl (C=O) groups is 1. The topological polar surface area (TPSA) is 76.2 Å². The Balaban J connectivity index is 1.22. The number of nitrogens with zero attached hydrogens (tertiary/aromatic N) is 1. The van der Waals surface area contributed by atoms with Gasteiger partial charge in [-0.15, -0.1) is 0 Å². The fourth-order valence-corrected chi connectivity index (χ4v) is 6.05. The van der Waals surface area contributed by atoms with E-state index in [2.05, 4.69) is 91.5 Å². The lowest BCUT2D eigenvalue weighted by Gasteiger charge is -2.27. The van der Waals surface area contributed by atoms with Crippen LogP contribution < -0.4 is 14.8 Å². The van der Waals surface area contributed by atoms with Gasteiger partial charge in [-0.2, -0.15) is 0 Å². The molecule has 1 atom stereocenters. The van der Waals surface area contributed by atoms with Crippen molar-refractivity contribution in [3.8, 4) is 11.5 Å². The molecule has 46 heavy (non-hydrogen) atoms. The Morgan fingerprint density at radius 1 is 1.00 bits per heavy atom. The molecule has 0 aliphatic carbocycles. The summed E-state index contributed by atoms with van der Waals surface area (Å²) in [4.78, 5) is 21.5. The number of hydrogen-bond donors (Lipinski definition) is 2. The smallest absolute Gasteiger partial charge is 0.230 e. The molecule has 1 aliphatic heterocycles. The van der Waals surface area contributed by atoms with Crippen molar-refractivity contribution in [2.75, 3.05) is 11.9 Å². The molecule has 0 fully saturated rings. The molecule has 1 unspecified atom stereocenters. The summed E-state index contributed by atoms with van der Waals surface area (Å²) in [6, 6.07) is 22.8. The minimum absolute atomic E-state index is 0.0427. The second-order valence-corrected chi connectivity index (χ2v) is 13.8. The van der Waals surface area contributed by atoms with Gasteiger partial charge in [-0.1, -0.05) is 90.1 Å². The summed E-state index contributed by atoms with van der Waals surface area (Å²) in [5, 5.41) is 3.31. The van der Waals surface area contributed by atoms with Crippen LogP contribution in [-0.2, 0) is 11.2 Å². The van der Waals surface area contributed by atoms with Gasteiger partial charge in [-0.3, -0.25) is 4.79 Å². The third-order valence-electron chi connectivity index (χ3n) is 8.86. The van der Waals surface area contributed by atoms with E-state index in [1.54, 1.807) is 0 Å². The van der Waals surface area contributed by atoms with Crippen LogP contribution in [0.25, 0.3) is 11.6 Å². The van der Waals surface area contributed by atoms with Crippen molar-refractivity contribution in [1.82, 2.24) is 9.97 Å². The van der Waals surface area contributed by atoms with Gasteiger partial charge >= 0.3 is 0 Å². The zero-order valence-corrected chi connectivity index (χ0v) is 28.4. The lowest BCUT2D eigenvalue weighted by Crippen LogP contribution is -2.32. The van der Waals surface area contributed by atoms with Crippen LogP contribution in [0.5, 0.6) is 11.5 Å². The van der Waals surface area contributed by atoms with Gasteiger partial charge in [0.2, 0.25) is 5.91 Å². The van der Waals surface area contributed by atoms with Gasteiger partial charge in [0.15, 0.2) is 0 Å². The van der Waals surface area contributed by atoms with Crippen molar-refractivity contribution in [1.29, 1.82) is 0 Å². The van der Waals surface area contributed by atoms with Gasteiger partial charge in [-0.05, 0) is 85.4 Å². The Morgan fingerprint density at radius 3 is 2.37 bits per heavy atom. The van der Waals surface area contributed by atoms with Crippen LogP contribution >= 0.6 is 0 Å². The number of ether oxygens (including phenoxy) is 2. The fourth-order valence-electron chi connectivity index (χ4n) is 6.05. The van der Waals surface area contributed by atoms with Crippen molar-refractivity contribution in [3.63, 3.8) is 0 Å². The average Bonchev–Trinajstić information content (AvgIpc) is 3.47. The van der Waals surface area contributed by atoms with Gasteiger partial charge in [-0.25, -0.2) is 4.98 Å². The van der Waals surface area contributed by atoms with Crippen molar-refractivity contribution < 1.29 is 14.3 Å². The molecule has 0 bridgehead atoms. The van der Waals surface area contributed by atoms with Crippen LogP contribution in [0.3, 0.4) is 0 Å². The molecule has 2 N–H and O–H groups in total. The van der Waals surface area contributed by atoms with Crippen LogP contribution in [0, 0.1) is 12.3 Å². The van der Waals surface area contributed by atoms with Crippen LogP contribution in [0.2, 0.25) is 0 Å². The van der Waals surface area contributed by atoms with E-state index < -0.39 is 5.41 Å². The third kappa shape index (κ3) is 7.90. The van der Waals surface area contributed by atoms with E-state index in [4.69, 9.17) is 9.47 Å². The first kappa shape index (κ1) is 33.1. The molecule has 1 aliphatic rings. The molecule has 242 valence electrons. The predicted molar refractivity (Wildman–Crippen MR) is 189 cm³/mol. The number of nitrogens with one attached hydrogen (secondary N) is 2. The summed E-state index contributed by atoms with van der Waals surface area (Å²) >= 11 is 0. The summed E-state index contributed by atoms with van der Waals surface area (Å²) in [7, 11) is 0. The average molecular weight is 620 g/mol. The molecule has 0 spiro atoms.